The molecule has 0 heterocycles. The molecule has 0 fully saturated rings. The quantitative estimate of drug-likeness (QED) is 0.667. The van der Waals surface area contributed by atoms with Crippen LogP contribution >= 0.6 is 0 Å². The van der Waals surface area contributed by atoms with Gasteiger partial charge in [-0.3, -0.25) is 4.90 Å². The van der Waals surface area contributed by atoms with Gasteiger partial charge in [-0.1, -0.05) is 18.2 Å². The van der Waals surface area contributed by atoms with Crippen LogP contribution in [0.5, 0.6) is 5.75 Å². The number of benzene rings is 1. The van der Waals surface area contributed by atoms with Gasteiger partial charge in [0.15, 0.2) is 11.6 Å². The molecule has 0 spiro atoms. The van der Waals surface area contributed by atoms with Crippen LogP contribution in [0.1, 0.15) is 0 Å². The van der Waals surface area contributed by atoms with Gasteiger partial charge in [-0.15, -0.1) is 6.58 Å². The van der Waals surface area contributed by atoms with Crippen LogP contribution in [-0.4, -0.2) is 31.6 Å². The lowest BCUT2D eigenvalue weighted by molar-refractivity contribution is 0.242. The molecule has 0 aliphatic rings. The van der Waals surface area contributed by atoms with Crippen molar-refractivity contribution in [3.63, 3.8) is 0 Å². The Bertz CT molecular complexity index is 314. The van der Waals surface area contributed by atoms with Gasteiger partial charge in [0.25, 0.3) is 0 Å². The van der Waals surface area contributed by atoms with E-state index >= 15 is 0 Å². The summed E-state index contributed by atoms with van der Waals surface area (Å²) in [7, 11) is 1.96. The summed E-state index contributed by atoms with van der Waals surface area (Å²) in [5.41, 5.74) is 0. The zero-order valence-corrected chi connectivity index (χ0v) is 8.95. The van der Waals surface area contributed by atoms with Gasteiger partial charge in [-0.2, -0.15) is 0 Å². The van der Waals surface area contributed by atoms with E-state index in [1.54, 1.807) is 18.2 Å². The Labute approximate surface area is 90.0 Å². The zero-order chi connectivity index (χ0) is 11.1. The van der Waals surface area contributed by atoms with Crippen molar-refractivity contribution in [1.82, 2.24) is 4.90 Å². The fourth-order valence-electron chi connectivity index (χ4n) is 1.18. The second-order valence-electron chi connectivity index (χ2n) is 3.33. The maximum absolute atomic E-state index is 13.1. The smallest absolute Gasteiger partial charge is 0.165 e. The van der Waals surface area contributed by atoms with Gasteiger partial charge < -0.3 is 4.74 Å². The number of likely N-dealkylation sites (N-methyl/N-ethyl adjacent to an activating group) is 1. The topological polar surface area (TPSA) is 12.5 Å². The third kappa shape index (κ3) is 4.13. The average molecular weight is 209 g/mol. The monoisotopic (exact) mass is 209 g/mol. The van der Waals surface area contributed by atoms with Crippen LogP contribution in [0.25, 0.3) is 0 Å². The Balaban J connectivity index is 2.31. The lowest BCUT2D eigenvalue weighted by Crippen LogP contribution is -2.24. The van der Waals surface area contributed by atoms with Gasteiger partial charge >= 0.3 is 0 Å². The molecule has 3 heteroatoms. The minimum atomic E-state index is -0.316. The second-order valence-corrected chi connectivity index (χ2v) is 3.33. The van der Waals surface area contributed by atoms with Gasteiger partial charge in [-0.05, 0) is 19.2 Å². The predicted octanol–water partition coefficient (Wildman–Crippen LogP) is 2.32. The first-order valence-corrected chi connectivity index (χ1v) is 4.91. The molecule has 2 nitrogen and oxygen atoms in total. The van der Waals surface area contributed by atoms with Gasteiger partial charge in [-0.25, -0.2) is 4.39 Å². The van der Waals surface area contributed by atoms with Crippen LogP contribution in [0.15, 0.2) is 36.9 Å². The average Bonchev–Trinajstić information content (AvgIpc) is 2.21. The van der Waals surface area contributed by atoms with E-state index in [9.17, 15) is 4.39 Å². The third-order valence-corrected chi connectivity index (χ3v) is 2.01. The lowest BCUT2D eigenvalue weighted by atomic mass is 10.3. The second kappa shape index (κ2) is 6.19. The van der Waals surface area contributed by atoms with Crippen molar-refractivity contribution in [2.24, 2.45) is 0 Å². The molecule has 15 heavy (non-hydrogen) atoms. The summed E-state index contributed by atoms with van der Waals surface area (Å²) in [5.74, 6) is -0.00613. The molecular weight excluding hydrogens is 193 g/mol. The van der Waals surface area contributed by atoms with Crippen molar-refractivity contribution in [3.8, 4) is 5.75 Å². The van der Waals surface area contributed by atoms with Crippen LogP contribution < -0.4 is 4.74 Å². The van der Waals surface area contributed by atoms with Gasteiger partial charge in [0, 0.05) is 13.1 Å². The Morgan fingerprint density at radius 2 is 2.20 bits per heavy atom. The molecule has 0 bridgehead atoms. The minimum Gasteiger partial charge on any atom is -0.489 e. The van der Waals surface area contributed by atoms with Crippen molar-refractivity contribution in [2.45, 2.75) is 0 Å². The van der Waals surface area contributed by atoms with Gasteiger partial charge in [0.2, 0.25) is 0 Å². The molecule has 0 radical (unpaired) electrons. The number of nitrogens with zero attached hydrogens (tertiary/aromatic N) is 1. The molecule has 0 amide bonds. The van der Waals surface area contributed by atoms with Crippen molar-refractivity contribution in [3.05, 3.63) is 42.7 Å². The molecule has 0 aromatic heterocycles. The van der Waals surface area contributed by atoms with Crippen molar-refractivity contribution in [1.29, 1.82) is 0 Å². The molecular formula is C12H16FNO. The molecule has 82 valence electrons. The van der Waals surface area contributed by atoms with Crippen molar-refractivity contribution < 1.29 is 9.13 Å². The van der Waals surface area contributed by atoms with Crippen LogP contribution in [-0.2, 0) is 0 Å². The van der Waals surface area contributed by atoms with E-state index in [2.05, 4.69) is 6.58 Å². The molecule has 0 aliphatic heterocycles. The Hall–Kier alpha value is -1.35. The molecule has 1 rings (SSSR count). The molecule has 1 aromatic rings. The van der Waals surface area contributed by atoms with E-state index in [1.165, 1.54) is 6.07 Å². The zero-order valence-electron chi connectivity index (χ0n) is 8.95. The first-order chi connectivity index (χ1) is 7.24. The SMILES string of the molecule is C=CCN(C)CCOc1ccccc1F. The van der Waals surface area contributed by atoms with E-state index < -0.39 is 0 Å². The Morgan fingerprint density at radius 1 is 1.47 bits per heavy atom. The first kappa shape index (κ1) is 11.7. The maximum Gasteiger partial charge on any atom is 0.165 e. The van der Waals surface area contributed by atoms with Crippen LogP contribution in [0.4, 0.5) is 4.39 Å². The summed E-state index contributed by atoms with van der Waals surface area (Å²) in [5, 5.41) is 0. The highest BCUT2D eigenvalue weighted by Gasteiger charge is 2.01. The summed E-state index contributed by atoms with van der Waals surface area (Å²) in [6.45, 7) is 5.67. The molecule has 0 unspecified atom stereocenters. The third-order valence-electron chi connectivity index (χ3n) is 2.01. The fourth-order valence-corrected chi connectivity index (χ4v) is 1.18. The normalized spacial score (nSPS) is 10.3. The summed E-state index contributed by atoms with van der Waals surface area (Å²) in [6, 6.07) is 6.42. The van der Waals surface area contributed by atoms with Gasteiger partial charge in [0.05, 0.1) is 0 Å². The summed E-state index contributed by atoms with van der Waals surface area (Å²) < 4.78 is 18.4. The largest absolute Gasteiger partial charge is 0.489 e. The summed E-state index contributed by atoms with van der Waals surface area (Å²) in [4.78, 5) is 2.05. The fraction of sp³-hybridized carbons (Fsp3) is 0.333. The molecule has 0 saturated carbocycles. The van der Waals surface area contributed by atoms with Crippen molar-refractivity contribution in [2.75, 3.05) is 26.7 Å². The standard InChI is InChI=1S/C12H16FNO/c1-3-8-14(2)9-10-15-12-7-5-4-6-11(12)13/h3-7H,1,8-10H2,2H3. The van der Waals surface area contributed by atoms with Crippen LogP contribution in [0.2, 0.25) is 0 Å². The van der Waals surface area contributed by atoms with E-state index in [-0.39, 0.29) is 5.82 Å². The number of hydrogen-bond donors (Lipinski definition) is 0. The minimum absolute atomic E-state index is 0.310. The molecule has 0 atom stereocenters. The number of rotatable bonds is 6. The lowest BCUT2D eigenvalue weighted by Gasteiger charge is -2.14. The number of hydrogen-bond acceptors (Lipinski definition) is 2. The molecule has 0 saturated heterocycles. The highest BCUT2D eigenvalue weighted by molar-refractivity contribution is 5.23. The van der Waals surface area contributed by atoms with Crippen LogP contribution in [0, 0.1) is 5.82 Å². The van der Waals surface area contributed by atoms with Gasteiger partial charge in [0.1, 0.15) is 6.61 Å². The van der Waals surface area contributed by atoms with E-state index in [0.29, 0.717) is 12.4 Å². The Morgan fingerprint density at radius 3 is 2.87 bits per heavy atom. The van der Waals surface area contributed by atoms with Crippen LogP contribution in [0.3, 0.4) is 0 Å². The molecule has 0 aliphatic carbocycles. The number of halogens is 1. The summed E-state index contributed by atoms with van der Waals surface area (Å²) >= 11 is 0. The first-order valence-electron chi connectivity index (χ1n) is 4.91. The van der Waals surface area contributed by atoms with E-state index in [0.717, 1.165) is 13.1 Å². The van der Waals surface area contributed by atoms with Crippen molar-refractivity contribution >= 4 is 0 Å². The van der Waals surface area contributed by atoms with E-state index in [1.807, 2.05) is 18.0 Å². The maximum atomic E-state index is 13.1. The van der Waals surface area contributed by atoms with E-state index in [4.69, 9.17) is 4.74 Å². The molecule has 0 N–H and O–H groups in total. The number of para-hydroxylation sites is 1. The predicted molar refractivity (Wildman–Crippen MR) is 59.6 cm³/mol. The number of ether oxygens (including phenoxy) is 1. The highest BCUT2D eigenvalue weighted by atomic mass is 19.1. The Kier molecular flexibility index (Phi) is 4.84. The summed E-state index contributed by atoms with van der Waals surface area (Å²) in [6.07, 6.45) is 1.82. The highest BCUT2D eigenvalue weighted by Crippen LogP contribution is 2.14. The molecule has 1 aromatic carbocycles.